The summed E-state index contributed by atoms with van der Waals surface area (Å²) in [6.45, 7) is 1.33. The molecule has 0 atom stereocenters. The Morgan fingerprint density at radius 1 is 1.29 bits per heavy atom. The van der Waals surface area contributed by atoms with Crippen LogP contribution in [0.1, 0.15) is 12.8 Å². The molecular weight excluding hydrogens is 220 g/mol. The molecule has 1 N–H and O–H groups in total. The monoisotopic (exact) mass is 232 g/mol. The van der Waals surface area contributed by atoms with Crippen LogP contribution in [0.3, 0.4) is 0 Å². The van der Waals surface area contributed by atoms with E-state index in [-0.39, 0.29) is 0 Å². The van der Waals surface area contributed by atoms with Gasteiger partial charge in [-0.05, 0) is 41.3 Å². The predicted octanol–water partition coefficient (Wildman–Crippen LogP) is -0.520. The van der Waals surface area contributed by atoms with Crippen LogP contribution in [-0.4, -0.2) is 49.1 Å². The van der Waals surface area contributed by atoms with Crippen LogP contribution >= 0.6 is 0 Å². The topological polar surface area (TPSA) is 79.4 Å². The van der Waals surface area contributed by atoms with Crippen LogP contribution in [0, 0.1) is 5.92 Å². The Morgan fingerprint density at radius 3 is 2.88 bits per heavy atom. The second kappa shape index (κ2) is 2.92. The van der Waals surface area contributed by atoms with Gasteiger partial charge >= 0.3 is 0 Å². The average molecular weight is 232 g/mol. The van der Waals surface area contributed by atoms with E-state index in [2.05, 4.69) is 25.5 Å². The van der Waals surface area contributed by atoms with E-state index in [1.165, 1.54) is 4.63 Å². The van der Waals surface area contributed by atoms with Crippen molar-refractivity contribution < 1.29 is 5.11 Å². The van der Waals surface area contributed by atoms with Gasteiger partial charge in [-0.3, -0.25) is 0 Å². The van der Waals surface area contributed by atoms with Gasteiger partial charge in [0.1, 0.15) is 5.60 Å². The van der Waals surface area contributed by atoms with E-state index in [0.29, 0.717) is 24.7 Å². The molecule has 17 heavy (non-hydrogen) atoms. The zero-order valence-corrected chi connectivity index (χ0v) is 9.19. The number of anilines is 1. The van der Waals surface area contributed by atoms with Gasteiger partial charge in [-0.2, -0.15) is 0 Å². The number of nitrogens with zero attached hydrogens (tertiary/aromatic N) is 6. The number of aliphatic hydroxyl groups is 1. The minimum absolute atomic E-state index is 0.489. The standard InChI is InChI=1S/C10H12N6O/c17-10(7-1-2-7)5-15(6-10)9-4-3-8-11-13-14-16(8)12-9/h3-4,7,17H,1-2,5-6H2. The lowest BCUT2D eigenvalue weighted by Crippen LogP contribution is -2.63. The van der Waals surface area contributed by atoms with E-state index in [1.54, 1.807) is 0 Å². The minimum Gasteiger partial charge on any atom is -0.386 e. The summed E-state index contributed by atoms with van der Waals surface area (Å²) in [5.74, 6) is 1.31. The van der Waals surface area contributed by atoms with Crippen LogP contribution in [0.15, 0.2) is 12.1 Å². The Labute approximate surface area is 97.0 Å². The van der Waals surface area contributed by atoms with E-state index in [0.717, 1.165) is 18.7 Å². The SMILES string of the molecule is OC1(C2CC2)CN(c2ccc3nnnn3n2)C1. The largest absolute Gasteiger partial charge is 0.386 e. The third kappa shape index (κ3) is 1.32. The van der Waals surface area contributed by atoms with Crippen molar-refractivity contribution in [1.29, 1.82) is 0 Å². The van der Waals surface area contributed by atoms with Gasteiger partial charge in [0.2, 0.25) is 0 Å². The Balaban J connectivity index is 1.59. The molecule has 88 valence electrons. The van der Waals surface area contributed by atoms with Crippen LogP contribution in [0.4, 0.5) is 5.82 Å². The molecule has 3 heterocycles. The zero-order chi connectivity index (χ0) is 11.5. The molecule has 0 radical (unpaired) electrons. The van der Waals surface area contributed by atoms with Crippen molar-refractivity contribution in [3.05, 3.63) is 12.1 Å². The molecule has 4 rings (SSSR count). The van der Waals surface area contributed by atoms with Crippen molar-refractivity contribution in [2.24, 2.45) is 5.92 Å². The molecular formula is C10H12N6O. The van der Waals surface area contributed by atoms with Crippen LogP contribution in [0.2, 0.25) is 0 Å². The molecule has 0 spiro atoms. The van der Waals surface area contributed by atoms with Crippen LogP contribution in [-0.2, 0) is 0 Å². The van der Waals surface area contributed by atoms with Gasteiger partial charge in [-0.1, -0.05) is 0 Å². The van der Waals surface area contributed by atoms with Gasteiger partial charge in [0.15, 0.2) is 11.5 Å². The van der Waals surface area contributed by atoms with Crippen LogP contribution < -0.4 is 4.90 Å². The molecule has 1 aliphatic carbocycles. The number of fused-ring (bicyclic) bond motifs is 1. The Morgan fingerprint density at radius 2 is 2.12 bits per heavy atom. The third-order valence-corrected chi connectivity index (χ3v) is 3.65. The molecule has 0 unspecified atom stereocenters. The van der Waals surface area contributed by atoms with E-state index in [1.807, 2.05) is 12.1 Å². The Kier molecular flexibility index (Phi) is 1.60. The Hall–Kier alpha value is -1.76. The zero-order valence-electron chi connectivity index (χ0n) is 9.19. The van der Waals surface area contributed by atoms with Gasteiger partial charge in [-0.25, -0.2) is 0 Å². The molecule has 1 saturated heterocycles. The highest BCUT2D eigenvalue weighted by Crippen LogP contribution is 2.45. The molecule has 0 bridgehead atoms. The van der Waals surface area contributed by atoms with E-state index in [4.69, 9.17) is 0 Å². The Bertz CT molecular complexity index is 571. The molecule has 7 nitrogen and oxygen atoms in total. The molecule has 7 heteroatoms. The molecule has 1 aliphatic heterocycles. The molecule has 0 aromatic carbocycles. The number of aromatic nitrogens is 5. The van der Waals surface area contributed by atoms with Crippen molar-refractivity contribution in [3.8, 4) is 0 Å². The van der Waals surface area contributed by atoms with Crippen LogP contribution in [0.25, 0.3) is 5.65 Å². The molecule has 2 aromatic rings. The van der Waals surface area contributed by atoms with Crippen molar-refractivity contribution in [1.82, 2.24) is 25.3 Å². The lowest BCUT2D eigenvalue weighted by Gasteiger charge is -2.47. The molecule has 0 amide bonds. The summed E-state index contributed by atoms with van der Waals surface area (Å²) < 4.78 is 1.41. The first kappa shape index (κ1) is 9.29. The van der Waals surface area contributed by atoms with Crippen molar-refractivity contribution in [2.75, 3.05) is 18.0 Å². The average Bonchev–Trinajstić information content (AvgIpc) is 3.03. The first-order chi connectivity index (χ1) is 8.24. The summed E-state index contributed by atoms with van der Waals surface area (Å²) in [5.41, 5.74) is 0.142. The summed E-state index contributed by atoms with van der Waals surface area (Å²) in [4.78, 5) is 2.06. The lowest BCUT2D eigenvalue weighted by atomic mass is 9.89. The fourth-order valence-corrected chi connectivity index (χ4v) is 2.46. The van der Waals surface area contributed by atoms with Crippen molar-refractivity contribution in [2.45, 2.75) is 18.4 Å². The van der Waals surface area contributed by atoms with Gasteiger partial charge in [0.05, 0.1) is 13.1 Å². The van der Waals surface area contributed by atoms with Gasteiger partial charge in [-0.15, -0.1) is 14.8 Å². The normalized spacial score (nSPS) is 22.8. The quantitative estimate of drug-likeness (QED) is 0.750. The van der Waals surface area contributed by atoms with Gasteiger partial charge in [0.25, 0.3) is 0 Å². The van der Waals surface area contributed by atoms with E-state index >= 15 is 0 Å². The summed E-state index contributed by atoms with van der Waals surface area (Å²) in [6, 6.07) is 3.72. The first-order valence-electron chi connectivity index (χ1n) is 5.77. The van der Waals surface area contributed by atoms with Gasteiger partial charge < -0.3 is 10.0 Å². The fraction of sp³-hybridized carbons (Fsp3) is 0.600. The molecule has 2 aromatic heterocycles. The third-order valence-electron chi connectivity index (χ3n) is 3.65. The van der Waals surface area contributed by atoms with Gasteiger partial charge in [0, 0.05) is 0 Å². The maximum absolute atomic E-state index is 10.2. The number of tetrazole rings is 1. The summed E-state index contributed by atoms with van der Waals surface area (Å²) in [6.07, 6.45) is 2.31. The minimum atomic E-state index is -0.489. The molecule has 2 fully saturated rings. The first-order valence-corrected chi connectivity index (χ1v) is 5.77. The van der Waals surface area contributed by atoms with Crippen LogP contribution in [0.5, 0.6) is 0 Å². The lowest BCUT2D eigenvalue weighted by molar-refractivity contribution is -0.00986. The van der Waals surface area contributed by atoms with E-state index in [9.17, 15) is 5.11 Å². The summed E-state index contributed by atoms with van der Waals surface area (Å²) in [5, 5.41) is 25.6. The number of β-amino-alcohol motifs (C(OH)–C–C–N with tert-alkyl or cyclic N) is 1. The maximum atomic E-state index is 10.2. The summed E-state index contributed by atoms with van der Waals surface area (Å²) >= 11 is 0. The fourth-order valence-electron chi connectivity index (χ4n) is 2.46. The highest BCUT2D eigenvalue weighted by Gasteiger charge is 2.52. The van der Waals surface area contributed by atoms with E-state index < -0.39 is 5.60 Å². The predicted molar refractivity (Wildman–Crippen MR) is 58.5 cm³/mol. The number of hydrogen-bond donors (Lipinski definition) is 1. The smallest absolute Gasteiger partial charge is 0.200 e. The van der Waals surface area contributed by atoms with Crippen molar-refractivity contribution >= 4 is 11.5 Å². The summed E-state index contributed by atoms with van der Waals surface area (Å²) in [7, 11) is 0. The number of rotatable bonds is 2. The van der Waals surface area contributed by atoms with Crippen molar-refractivity contribution in [3.63, 3.8) is 0 Å². The molecule has 1 saturated carbocycles. The highest BCUT2D eigenvalue weighted by molar-refractivity contribution is 5.48. The highest BCUT2D eigenvalue weighted by atomic mass is 16.3. The second-order valence-electron chi connectivity index (χ2n) is 4.95. The molecule has 2 aliphatic rings. The number of hydrogen-bond acceptors (Lipinski definition) is 6. The second-order valence-corrected chi connectivity index (χ2v) is 4.95. The maximum Gasteiger partial charge on any atom is 0.200 e.